The van der Waals surface area contributed by atoms with Gasteiger partial charge in [0.05, 0.1) is 43.6 Å². The number of hydrogen-bond donors (Lipinski definition) is 1. The average Bonchev–Trinajstić information content (AvgIpc) is 3.32. The molecule has 1 aliphatic heterocycles. The van der Waals surface area contributed by atoms with Crippen molar-refractivity contribution in [2.45, 2.75) is 83.1 Å². The molecule has 0 bridgehead atoms. The van der Waals surface area contributed by atoms with Crippen LogP contribution >= 0.6 is 0 Å². The maximum Gasteiger partial charge on any atom is 0.335 e. The number of benzene rings is 2. The second kappa shape index (κ2) is 15.1. The van der Waals surface area contributed by atoms with E-state index in [9.17, 15) is 9.59 Å². The zero-order valence-corrected chi connectivity index (χ0v) is 25.2. The van der Waals surface area contributed by atoms with Crippen LogP contribution in [0.5, 0.6) is 17.2 Å². The molecule has 2 aromatic rings. The normalized spacial score (nSPS) is 20.6. The topological polar surface area (TPSA) is 97.7 Å². The molecule has 2 atom stereocenters. The van der Waals surface area contributed by atoms with E-state index in [1.165, 1.54) is 12.8 Å². The van der Waals surface area contributed by atoms with Crippen LogP contribution in [-0.4, -0.2) is 54.1 Å². The highest BCUT2D eigenvalue weighted by Gasteiger charge is 2.42. The number of rotatable bonds is 13. The van der Waals surface area contributed by atoms with E-state index >= 15 is 0 Å². The number of carbonyl (C=O) groups excluding carboxylic acids is 1. The summed E-state index contributed by atoms with van der Waals surface area (Å²) in [5.74, 6) is 1.36. The van der Waals surface area contributed by atoms with E-state index < -0.39 is 5.97 Å². The van der Waals surface area contributed by atoms with Gasteiger partial charge >= 0.3 is 5.97 Å². The molecule has 1 fully saturated rings. The summed E-state index contributed by atoms with van der Waals surface area (Å²) in [5, 5.41) is 15.9. The van der Waals surface area contributed by atoms with Crippen LogP contribution in [0.3, 0.4) is 0 Å². The van der Waals surface area contributed by atoms with Crippen LogP contribution in [-0.2, 0) is 4.79 Å². The molecular weight excluding hydrogens is 544 g/mol. The predicted molar refractivity (Wildman–Crippen MR) is 166 cm³/mol. The molecular formula is C35H44N2O6. The van der Waals surface area contributed by atoms with Crippen molar-refractivity contribution in [3.05, 3.63) is 65.7 Å². The van der Waals surface area contributed by atoms with Crippen molar-refractivity contribution in [3.63, 3.8) is 0 Å². The first-order valence-corrected chi connectivity index (χ1v) is 15.9. The Bertz CT molecular complexity index is 1300. The van der Waals surface area contributed by atoms with Crippen LogP contribution in [0.2, 0.25) is 0 Å². The summed E-state index contributed by atoms with van der Waals surface area (Å²) < 4.78 is 17.6. The van der Waals surface area contributed by atoms with E-state index in [1.807, 2.05) is 17.1 Å². The van der Waals surface area contributed by atoms with E-state index in [-0.39, 0.29) is 29.3 Å². The van der Waals surface area contributed by atoms with Gasteiger partial charge in [0.25, 0.3) is 0 Å². The number of fused-ring (bicyclic) bond motifs is 1. The Morgan fingerprint density at radius 1 is 0.860 bits per heavy atom. The van der Waals surface area contributed by atoms with Crippen LogP contribution < -0.4 is 14.2 Å². The Morgan fingerprint density at radius 3 is 2.21 bits per heavy atom. The lowest BCUT2D eigenvalue weighted by Crippen LogP contribution is -2.49. The average molecular weight is 589 g/mol. The SMILES string of the molecule is COc1ccc(C2=NN(C3CCCCCC3)C(=O)C3CC=CCC23)cc1OCCCCCCOc1ccc(C(=O)O)cc1. The van der Waals surface area contributed by atoms with E-state index in [0.29, 0.717) is 30.5 Å². The number of ether oxygens (including phenoxy) is 3. The van der Waals surface area contributed by atoms with Gasteiger partial charge in [0.15, 0.2) is 11.5 Å². The predicted octanol–water partition coefficient (Wildman–Crippen LogP) is 7.26. The van der Waals surface area contributed by atoms with Crippen molar-refractivity contribution in [2.75, 3.05) is 20.3 Å². The van der Waals surface area contributed by atoms with E-state index in [4.69, 9.17) is 24.4 Å². The second-order valence-electron chi connectivity index (χ2n) is 11.8. The fourth-order valence-corrected chi connectivity index (χ4v) is 6.41. The molecule has 43 heavy (non-hydrogen) atoms. The third-order valence-electron chi connectivity index (χ3n) is 8.84. The lowest BCUT2D eigenvalue weighted by Gasteiger charge is -2.40. The molecule has 230 valence electrons. The van der Waals surface area contributed by atoms with Crippen LogP contribution in [0.25, 0.3) is 0 Å². The second-order valence-corrected chi connectivity index (χ2v) is 11.8. The first-order chi connectivity index (χ1) is 21.0. The highest BCUT2D eigenvalue weighted by molar-refractivity contribution is 6.07. The molecule has 0 saturated heterocycles. The number of carbonyl (C=O) groups is 2. The Hall–Kier alpha value is -3.81. The first-order valence-electron chi connectivity index (χ1n) is 15.9. The molecule has 0 spiro atoms. The van der Waals surface area contributed by atoms with Crippen molar-refractivity contribution in [2.24, 2.45) is 16.9 Å². The first kappa shape index (κ1) is 30.6. The molecule has 8 nitrogen and oxygen atoms in total. The lowest BCUT2D eigenvalue weighted by atomic mass is 9.76. The zero-order chi connectivity index (χ0) is 30.0. The smallest absolute Gasteiger partial charge is 0.335 e. The Morgan fingerprint density at radius 2 is 1.53 bits per heavy atom. The molecule has 8 heteroatoms. The maximum atomic E-state index is 13.6. The van der Waals surface area contributed by atoms with Gasteiger partial charge in [0, 0.05) is 11.5 Å². The van der Waals surface area contributed by atoms with E-state index in [1.54, 1.807) is 31.4 Å². The highest BCUT2D eigenvalue weighted by atomic mass is 16.5. The molecule has 0 radical (unpaired) electrons. The van der Waals surface area contributed by atoms with Gasteiger partial charge in [0.2, 0.25) is 5.91 Å². The van der Waals surface area contributed by atoms with E-state index in [0.717, 1.165) is 75.5 Å². The summed E-state index contributed by atoms with van der Waals surface area (Å²) in [6.45, 7) is 1.16. The molecule has 0 aromatic heterocycles. The molecule has 1 amide bonds. The Labute approximate surface area is 254 Å². The van der Waals surface area contributed by atoms with Crippen molar-refractivity contribution in [1.29, 1.82) is 0 Å². The van der Waals surface area contributed by atoms with Gasteiger partial charge in [-0.1, -0.05) is 37.8 Å². The number of nitrogens with zero attached hydrogens (tertiary/aromatic N) is 2. The van der Waals surface area contributed by atoms with Crippen molar-refractivity contribution < 1.29 is 28.9 Å². The van der Waals surface area contributed by atoms with Crippen LogP contribution in [0.1, 0.15) is 93.0 Å². The van der Waals surface area contributed by atoms with Crippen molar-refractivity contribution in [3.8, 4) is 17.2 Å². The molecule has 5 rings (SSSR count). The number of unbranched alkanes of at least 4 members (excludes halogenated alkanes) is 3. The largest absolute Gasteiger partial charge is 0.494 e. The lowest BCUT2D eigenvalue weighted by molar-refractivity contribution is -0.140. The fourth-order valence-electron chi connectivity index (χ4n) is 6.41. The highest BCUT2D eigenvalue weighted by Crippen LogP contribution is 2.39. The number of hydrogen-bond acceptors (Lipinski definition) is 6. The molecule has 1 heterocycles. The number of carboxylic acids is 1. The van der Waals surface area contributed by atoms with Gasteiger partial charge in [-0.2, -0.15) is 5.10 Å². The van der Waals surface area contributed by atoms with Gasteiger partial charge in [-0.3, -0.25) is 4.79 Å². The number of aromatic carboxylic acids is 1. The molecule has 1 saturated carbocycles. The summed E-state index contributed by atoms with van der Waals surface area (Å²) >= 11 is 0. The molecule has 3 aliphatic rings. The minimum Gasteiger partial charge on any atom is -0.494 e. The van der Waals surface area contributed by atoms with E-state index in [2.05, 4.69) is 18.2 Å². The van der Waals surface area contributed by atoms with Crippen LogP contribution in [0, 0.1) is 11.8 Å². The van der Waals surface area contributed by atoms with Gasteiger partial charge in [-0.25, -0.2) is 9.80 Å². The zero-order valence-electron chi connectivity index (χ0n) is 25.2. The third kappa shape index (κ3) is 7.78. The number of allylic oxidation sites excluding steroid dienone is 2. The Balaban J connectivity index is 1.17. The summed E-state index contributed by atoms with van der Waals surface area (Å²) in [6, 6.07) is 12.7. The van der Waals surface area contributed by atoms with Crippen LogP contribution in [0.15, 0.2) is 59.7 Å². The standard InChI is InChI=1S/C35H44N2O6/c1-41-31-21-18-26(24-32(31)43-23-11-5-4-10-22-42-28-19-16-25(17-20-28)35(39)40)33-29-14-8-9-15-30(29)34(38)37(36-33)27-12-6-2-3-7-13-27/h8-9,16-21,24,27,29-30H,2-7,10-15,22-23H2,1H3,(H,39,40). The van der Waals surface area contributed by atoms with Crippen LogP contribution in [0.4, 0.5) is 0 Å². The van der Waals surface area contributed by atoms with Gasteiger partial charge < -0.3 is 19.3 Å². The van der Waals surface area contributed by atoms with Gasteiger partial charge in [-0.15, -0.1) is 0 Å². The summed E-state index contributed by atoms with van der Waals surface area (Å²) in [4.78, 5) is 24.6. The third-order valence-corrected chi connectivity index (χ3v) is 8.84. The Kier molecular flexibility index (Phi) is 10.7. The summed E-state index contributed by atoms with van der Waals surface area (Å²) in [7, 11) is 1.66. The maximum absolute atomic E-state index is 13.6. The minimum atomic E-state index is -0.940. The molecule has 2 unspecified atom stereocenters. The minimum absolute atomic E-state index is 0.0553. The number of carboxylic acid groups (broad SMARTS) is 1. The van der Waals surface area contributed by atoms with Gasteiger partial charge in [0.1, 0.15) is 5.75 Å². The molecule has 2 aliphatic carbocycles. The van der Waals surface area contributed by atoms with Crippen molar-refractivity contribution in [1.82, 2.24) is 5.01 Å². The monoisotopic (exact) mass is 588 g/mol. The fraction of sp³-hybridized carbons (Fsp3) is 0.514. The number of methoxy groups -OCH3 is 1. The van der Waals surface area contributed by atoms with Crippen molar-refractivity contribution >= 4 is 17.6 Å². The number of amides is 1. The quantitative estimate of drug-likeness (QED) is 0.150. The summed E-state index contributed by atoms with van der Waals surface area (Å²) in [5.41, 5.74) is 2.24. The summed E-state index contributed by atoms with van der Waals surface area (Å²) in [6.07, 6.45) is 16.6. The number of hydrazone groups is 1. The molecule has 2 aromatic carbocycles. The van der Waals surface area contributed by atoms with Gasteiger partial charge in [-0.05, 0) is 93.8 Å². The molecule has 1 N–H and O–H groups in total.